The van der Waals surface area contributed by atoms with E-state index in [0.29, 0.717) is 24.7 Å². The lowest BCUT2D eigenvalue weighted by Gasteiger charge is -2.37. The first kappa shape index (κ1) is 14.3. The van der Waals surface area contributed by atoms with E-state index in [4.69, 9.17) is 4.74 Å². The Bertz CT molecular complexity index is 491. The quantitative estimate of drug-likeness (QED) is 0.914. The zero-order valence-electron chi connectivity index (χ0n) is 12.4. The summed E-state index contributed by atoms with van der Waals surface area (Å²) in [5.74, 6) is 0.693. The Kier molecular flexibility index (Phi) is 4.34. The molecule has 2 fully saturated rings. The molecule has 1 aliphatic carbocycles. The van der Waals surface area contributed by atoms with Gasteiger partial charge in [0.1, 0.15) is 5.82 Å². The van der Waals surface area contributed by atoms with Gasteiger partial charge < -0.3 is 15.0 Å². The molecule has 1 amide bonds. The van der Waals surface area contributed by atoms with Gasteiger partial charge in [-0.2, -0.15) is 0 Å². The molecule has 3 rings (SSSR count). The lowest BCUT2D eigenvalue weighted by atomic mass is 10.1. The Morgan fingerprint density at radius 2 is 2.33 bits per heavy atom. The molecule has 2 heterocycles. The fraction of sp³-hybridized carbons (Fsp3) is 0.667. The predicted molar refractivity (Wildman–Crippen MR) is 79.2 cm³/mol. The Morgan fingerprint density at radius 1 is 1.43 bits per heavy atom. The van der Waals surface area contributed by atoms with Gasteiger partial charge in [-0.25, -0.2) is 0 Å². The number of anilines is 1. The molecular formula is C15H22N4O2. The average Bonchev–Trinajstić information content (AvgIpc) is 3.01. The van der Waals surface area contributed by atoms with Crippen LogP contribution in [0.2, 0.25) is 0 Å². The first-order valence-electron chi connectivity index (χ1n) is 7.79. The van der Waals surface area contributed by atoms with E-state index in [2.05, 4.69) is 22.4 Å². The van der Waals surface area contributed by atoms with Crippen molar-refractivity contribution < 1.29 is 9.53 Å². The second-order valence-electron chi connectivity index (χ2n) is 5.64. The molecule has 2 unspecified atom stereocenters. The van der Waals surface area contributed by atoms with Gasteiger partial charge in [-0.05, 0) is 37.8 Å². The third-order valence-electron chi connectivity index (χ3n) is 4.18. The molecule has 1 saturated carbocycles. The van der Waals surface area contributed by atoms with Crippen LogP contribution in [0.4, 0.5) is 5.82 Å². The lowest BCUT2D eigenvalue weighted by Crippen LogP contribution is -2.51. The third kappa shape index (κ3) is 3.00. The third-order valence-corrected chi connectivity index (χ3v) is 4.18. The fourth-order valence-electron chi connectivity index (χ4n) is 3.12. The predicted octanol–water partition coefficient (Wildman–Crippen LogP) is 1.69. The number of morpholine rings is 1. The molecule has 0 radical (unpaired) electrons. The van der Waals surface area contributed by atoms with Crippen LogP contribution in [0.3, 0.4) is 0 Å². The van der Waals surface area contributed by atoms with E-state index in [1.54, 1.807) is 6.07 Å². The van der Waals surface area contributed by atoms with E-state index in [-0.39, 0.29) is 18.1 Å². The van der Waals surface area contributed by atoms with Gasteiger partial charge in [0.2, 0.25) is 0 Å². The van der Waals surface area contributed by atoms with Gasteiger partial charge in [0.05, 0.1) is 18.8 Å². The number of hydrogen-bond donors (Lipinski definition) is 1. The number of hydrogen-bond acceptors (Lipinski definition) is 5. The van der Waals surface area contributed by atoms with Gasteiger partial charge in [-0.3, -0.25) is 4.79 Å². The summed E-state index contributed by atoms with van der Waals surface area (Å²) in [5, 5.41) is 11.3. The molecule has 6 nitrogen and oxygen atoms in total. The van der Waals surface area contributed by atoms with Crippen LogP contribution in [0.25, 0.3) is 0 Å². The topological polar surface area (TPSA) is 67.4 Å². The van der Waals surface area contributed by atoms with Gasteiger partial charge in [-0.15, -0.1) is 10.2 Å². The van der Waals surface area contributed by atoms with Crippen molar-refractivity contribution in [2.24, 2.45) is 0 Å². The van der Waals surface area contributed by atoms with Crippen molar-refractivity contribution in [3.8, 4) is 0 Å². The van der Waals surface area contributed by atoms with Crippen molar-refractivity contribution in [2.75, 3.05) is 25.0 Å². The van der Waals surface area contributed by atoms with Gasteiger partial charge in [0.25, 0.3) is 5.91 Å². The summed E-state index contributed by atoms with van der Waals surface area (Å²) < 4.78 is 5.74. The molecule has 1 aromatic heterocycles. The molecule has 6 heteroatoms. The average molecular weight is 290 g/mol. The Hall–Kier alpha value is -1.69. The molecule has 0 spiro atoms. The number of ether oxygens (including phenoxy) is 1. The minimum absolute atomic E-state index is 0.0234. The first-order valence-corrected chi connectivity index (χ1v) is 7.79. The standard InChI is InChI=1S/C15H22N4O2/c1-2-8-16-14-7-6-11(17-18-14)15(20)19-9-10-21-13-5-3-4-12(13)19/h6-7,12-13H,2-5,8-10H2,1H3,(H,16,18). The summed E-state index contributed by atoms with van der Waals surface area (Å²) in [7, 11) is 0. The number of rotatable bonds is 4. The van der Waals surface area contributed by atoms with E-state index < -0.39 is 0 Å². The maximum Gasteiger partial charge on any atom is 0.274 e. The molecule has 0 bridgehead atoms. The number of nitrogens with one attached hydrogen (secondary N) is 1. The Balaban J connectivity index is 1.69. The van der Waals surface area contributed by atoms with Gasteiger partial charge in [-0.1, -0.05) is 6.92 Å². The Labute approximate surface area is 124 Å². The normalized spacial score (nSPS) is 24.7. The van der Waals surface area contributed by atoms with Crippen LogP contribution in [0, 0.1) is 0 Å². The number of carbonyl (C=O) groups excluding carboxylic acids is 1. The van der Waals surface area contributed by atoms with Crippen molar-refractivity contribution in [3.05, 3.63) is 17.8 Å². The van der Waals surface area contributed by atoms with Crippen LogP contribution in [-0.4, -0.2) is 52.8 Å². The first-order chi connectivity index (χ1) is 10.3. The van der Waals surface area contributed by atoms with Crippen molar-refractivity contribution in [1.29, 1.82) is 0 Å². The second kappa shape index (κ2) is 6.39. The van der Waals surface area contributed by atoms with Gasteiger partial charge in [0.15, 0.2) is 5.69 Å². The number of amides is 1. The number of fused-ring (bicyclic) bond motifs is 1. The highest BCUT2D eigenvalue weighted by Gasteiger charge is 2.39. The monoisotopic (exact) mass is 290 g/mol. The van der Waals surface area contributed by atoms with Gasteiger partial charge in [0, 0.05) is 13.1 Å². The lowest BCUT2D eigenvalue weighted by molar-refractivity contribution is -0.0447. The molecule has 2 aliphatic rings. The molecule has 114 valence electrons. The van der Waals surface area contributed by atoms with Crippen LogP contribution in [0.5, 0.6) is 0 Å². The molecular weight excluding hydrogens is 268 g/mol. The number of carbonyl (C=O) groups is 1. The highest BCUT2D eigenvalue weighted by atomic mass is 16.5. The minimum atomic E-state index is -0.0234. The molecule has 0 aromatic carbocycles. The van der Waals surface area contributed by atoms with Crippen molar-refractivity contribution in [2.45, 2.75) is 44.8 Å². The zero-order chi connectivity index (χ0) is 14.7. The molecule has 1 saturated heterocycles. The van der Waals surface area contributed by atoms with E-state index in [1.807, 2.05) is 11.0 Å². The molecule has 1 N–H and O–H groups in total. The van der Waals surface area contributed by atoms with Crippen molar-refractivity contribution in [1.82, 2.24) is 15.1 Å². The molecule has 1 aliphatic heterocycles. The molecule has 2 atom stereocenters. The van der Waals surface area contributed by atoms with Crippen molar-refractivity contribution >= 4 is 11.7 Å². The summed E-state index contributed by atoms with van der Waals surface area (Å²) in [4.78, 5) is 14.5. The van der Waals surface area contributed by atoms with Crippen LogP contribution in [0.15, 0.2) is 12.1 Å². The molecule has 21 heavy (non-hydrogen) atoms. The van der Waals surface area contributed by atoms with Crippen LogP contribution >= 0.6 is 0 Å². The highest BCUT2D eigenvalue weighted by Crippen LogP contribution is 2.30. The zero-order valence-corrected chi connectivity index (χ0v) is 12.4. The van der Waals surface area contributed by atoms with E-state index in [1.165, 1.54) is 0 Å². The van der Waals surface area contributed by atoms with Crippen LogP contribution < -0.4 is 5.32 Å². The summed E-state index contributed by atoms with van der Waals surface area (Å²) >= 11 is 0. The second-order valence-corrected chi connectivity index (χ2v) is 5.64. The smallest absolute Gasteiger partial charge is 0.274 e. The summed E-state index contributed by atoms with van der Waals surface area (Å²) in [5.41, 5.74) is 0.421. The number of nitrogens with zero attached hydrogens (tertiary/aromatic N) is 3. The highest BCUT2D eigenvalue weighted by molar-refractivity contribution is 5.92. The van der Waals surface area contributed by atoms with Gasteiger partial charge >= 0.3 is 0 Å². The SMILES string of the molecule is CCCNc1ccc(C(=O)N2CCOC3CCCC32)nn1. The molecule has 1 aromatic rings. The van der Waals surface area contributed by atoms with E-state index in [9.17, 15) is 4.79 Å². The maximum atomic E-state index is 12.6. The summed E-state index contributed by atoms with van der Waals surface area (Å²) in [6.45, 7) is 4.22. The minimum Gasteiger partial charge on any atom is -0.374 e. The van der Waals surface area contributed by atoms with E-state index in [0.717, 1.165) is 32.2 Å². The number of aromatic nitrogens is 2. The summed E-state index contributed by atoms with van der Waals surface area (Å²) in [6, 6.07) is 3.79. The Morgan fingerprint density at radius 3 is 3.10 bits per heavy atom. The van der Waals surface area contributed by atoms with Crippen LogP contribution in [-0.2, 0) is 4.74 Å². The maximum absolute atomic E-state index is 12.6. The largest absolute Gasteiger partial charge is 0.374 e. The van der Waals surface area contributed by atoms with Crippen molar-refractivity contribution in [3.63, 3.8) is 0 Å². The fourth-order valence-corrected chi connectivity index (χ4v) is 3.12. The summed E-state index contributed by atoms with van der Waals surface area (Å²) in [6.07, 6.45) is 4.45. The van der Waals surface area contributed by atoms with E-state index >= 15 is 0 Å². The van der Waals surface area contributed by atoms with Crippen LogP contribution in [0.1, 0.15) is 43.1 Å².